The first-order chi connectivity index (χ1) is 6.58. The van der Waals surface area contributed by atoms with Crippen molar-refractivity contribution in [2.24, 2.45) is 35.5 Å². The van der Waals surface area contributed by atoms with Crippen LogP contribution in [0.25, 0.3) is 0 Å². The van der Waals surface area contributed by atoms with Crippen LogP contribution in [0.2, 0.25) is 0 Å². The van der Waals surface area contributed by atoms with E-state index < -0.39 is 0 Å². The zero-order valence-corrected chi connectivity index (χ0v) is 10.3. The highest BCUT2D eigenvalue weighted by molar-refractivity contribution is 4.96. The Morgan fingerprint density at radius 2 is 1.64 bits per heavy atom. The van der Waals surface area contributed by atoms with Crippen molar-refractivity contribution in [3.8, 4) is 0 Å². The molecule has 0 aromatic heterocycles. The van der Waals surface area contributed by atoms with E-state index in [1.54, 1.807) is 19.3 Å². The third-order valence-corrected chi connectivity index (χ3v) is 4.28. The highest BCUT2D eigenvalue weighted by Crippen LogP contribution is 2.55. The van der Waals surface area contributed by atoms with Gasteiger partial charge in [0.1, 0.15) is 0 Å². The van der Waals surface area contributed by atoms with Crippen molar-refractivity contribution >= 4 is 0 Å². The second-order valence-corrected chi connectivity index (χ2v) is 6.52. The van der Waals surface area contributed by atoms with Crippen LogP contribution in [0.4, 0.5) is 0 Å². The average molecular weight is 194 g/mol. The predicted molar refractivity (Wildman–Crippen MR) is 62.1 cm³/mol. The number of hydrogen-bond acceptors (Lipinski definition) is 0. The summed E-state index contributed by atoms with van der Waals surface area (Å²) in [6.07, 6.45) is 6.16. The molecule has 0 spiro atoms. The molecule has 0 heteroatoms. The van der Waals surface area contributed by atoms with Gasteiger partial charge in [0.05, 0.1) is 0 Å². The maximum absolute atomic E-state index is 2.39. The molecule has 14 heavy (non-hydrogen) atoms. The molecule has 0 aromatic rings. The van der Waals surface area contributed by atoms with Crippen LogP contribution in [-0.2, 0) is 0 Å². The van der Waals surface area contributed by atoms with Gasteiger partial charge in [0.2, 0.25) is 0 Å². The number of hydrogen-bond donors (Lipinski definition) is 0. The van der Waals surface area contributed by atoms with Crippen molar-refractivity contribution < 1.29 is 0 Å². The Bertz CT molecular complexity index is 192. The van der Waals surface area contributed by atoms with E-state index in [0.29, 0.717) is 0 Å². The largest absolute Gasteiger partial charge is 0.0628 e. The van der Waals surface area contributed by atoms with E-state index >= 15 is 0 Å². The SMILES string of the molecule is CC(C)CC1CC1CC1CC1C(C)C. The molecule has 4 atom stereocenters. The lowest BCUT2D eigenvalue weighted by Gasteiger charge is -2.04. The molecule has 2 fully saturated rings. The lowest BCUT2D eigenvalue weighted by Crippen LogP contribution is -1.95. The third kappa shape index (κ3) is 2.52. The van der Waals surface area contributed by atoms with Gasteiger partial charge in [0, 0.05) is 0 Å². The van der Waals surface area contributed by atoms with Crippen LogP contribution < -0.4 is 0 Å². The van der Waals surface area contributed by atoms with Crippen LogP contribution in [0.15, 0.2) is 0 Å². The fourth-order valence-electron chi connectivity index (χ4n) is 3.24. The first kappa shape index (κ1) is 10.5. The number of rotatable bonds is 5. The minimum Gasteiger partial charge on any atom is -0.0628 e. The second-order valence-electron chi connectivity index (χ2n) is 6.52. The first-order valence-electron chi connectivity index (χ1n) is 6.58. The van der Waals surface area contributed by atoms with Gasteiger partial charge >= 0.3 is 0 Å². The monoisotopic (exact) mass is 194 g/mol. The molecule has 2 aliphatic rings. The maximum atomic E-state index is 2.39. The molecule has 0 saturated heterocycles. The molecule has 2 saturated carbocycles. The third-order valence-electron chi connectivity index (χ3n) is 4.28. The van der Waals surface area contributed by atoms with Gasteiger partial charge in [-0.05, 0) is 61.2 Å². The van der Waals surface area contributed by atoms with Gasteiger partial charge < -0.3 is 0 Å². The van der Waals surface area contributed by atoms with Gasteiger partial charge in [-0.2, -0.15) is 0 Å². The van der Waals surface area contributed by atoms with Crippen molar-refractivity contribution in [2.45, 2.75) is 53.4 Å². The van der Waals surface area contributed by atoms with E-state index in [0.717, 1.165) is 35.5 Å². The maximum Gasteiger partial charge on any atom is -0.0360 e. The zero-order valence-electron chi connectivity index (χ0n) is 10.3. The second kappa shape index (κ2) is 3.87. The van der Waals surface area contributed by atoms with Crippen LogP contribution in [0.5, 0.6) is 0 Å². The molecule has 0 aliphatic heterocycles. The molecular weight excluding hydrogens is 168 g/mol. The Labute approximate surface area is 89.5 Å². The van der Waals surface area contributed by atoms with Crippen LogP contribution in [0.1, 0.15) is 53.4 Å². The summed E-state index contributed by atoms with van der Waals surface area (Å²) in [7, 11) is 0. The van der Waals surface area contributed by atoms with Gasteiger partial charge in [-0.25, -0.2) is 0 Å². The first-order valence-corrected chi connectivity index (χ1v) is 6.58. The molecule has 0 radical (unpaired) electrons. The molecule has 0 nitrogen and oxygen atoms in total. The van der Waals surface area contributed by atoms with E-state index in [4.69, 9.17) is 0 Å². The normalized spacial score (nSPS) is 40.7. The fraction of sp³-hybridized carbons (Fsp3) is 1.00. The molecule has 0 N–H and O–H groups in total. The average Bonchev–Trinajstić information content (AvgIpc) is 2.90. The standard InChI is InChI=1S/C14H26/c1-9(2)5-11-6-12(11)7-13-8-14(13)10(3)4/h9-14H,5-8H2,1-4H3. The van der Waals surface area contributed by atoms with E-state index in [1.807, 2.05) is 0 Å². The van der Waals surface area contributed by atoms with Crippen molar-refractivity contribution in [1.82, 2.24) is 0 Å². The summed E-state index contributed by atoms with van der Waals surface area (Å²) in [6, 6.07) is 0. The summed E-state index contributed by atoms with van der Waals surface area (Å²) in [5, 5.41) is 0. The lowest BCUT2D eigenvalue weighted by molar-refractivity contribution is 0.457. The highest BCUT2D eigenvalue weighted by Gasteiger charge is 2.46. The lowest BCUT2D eigenvalue weighted by atomic mass is 10.0. The fourth-order valence-corrected chi connectivity index (χ4v) is 3.24. The van der Waals surface area contributed by atoms with Crippen LogP contribution >= 0.6 is 0 Å². The van der Waals surface area contributed by atoms with E-state index in [1.165, 1.54) is 6.42 Å². The molecule has 0 amide bonds. The Morgan fingerprint density at radius 1 is 0.929 bits per heavy atom. The molecule has 2 rings (SSSR count). The van der Waals surface area contributed by atoms with E-state index in [9.17, 15) is 0 Å². The Balaban J connectivity index is 1.61. The van der Waals surface area contributed by atoms with Gasteiger partial charge in [-0.1, -0.05) is 27.7 Å². The van der Waals surface area contributed by atoms with Gasteiger partial charge in [0.25, 0.3) is 0 Å². The quantitative estimate of drug-likeness (QED) is 0.610. The van der Waals surface area contributed by atoms with Gasteiger partial charge in [-0.3, -0.25) is 0 Å². The molecule has 0 aromatic carbocycles. The smallest absolute Gasteiger partial charge is 0.0360 e. The van der Waals surface area contributed by atoms with Crippen molar-refractivity contribution in [2.75, 3.05) is 0 Å². The van der Waals surface area contributed by atoms with E-state index in [-0.39, 0.29) is 0 Å². The van der Waals surface area contributed by atoms with Crippen molar-refractivity contribution in [3.63, 3.8) is 0 Å². The molecule has 4 unspecified atom stereocenters. The Hall–Kier alpha value is 0. The topological polar surface area (TPSA) is 0 Å². The van der Waals surface area contributed by atoms with Gasteiger partial charge in [0.15, 0.2) is 0 Å². The van der Waals surface area contributed by atoms with Crippen LogP contribution in [-0.4, -0.2) is 0 Å². The summed E-state index contributed by atoms with van der Waals surface area (Å²) in [4.78, 5) is 0. The summed E-state index contributed by atoms with van der Waals surface area (Å²) in [6.45, 7) is 9.51. The Morgan fingerprint density at radius 3 is 2.14 bits per heavy atom. The zero-order chi connectivity index (χ0) is 10.3. The minimum atomic E-state index is 0.921. The molecule has 0 heterocycles. The summed E-state index contributed by atoms with van der Waals surface area (Å²) < 4.78 is 0. The summed E-state index contributed by atoms with van der Waals surface area (Å²) in [5.41, 5.74) is 0. The minimum absolute atomic E-state index is 0.921. The van der Waals surface area contributed by atoms with Crippen molar-refractivity contribution in [3.05, 3.63) is 0 Å². The summed E-state index contributed by atoms with van der Waals surface area (Å²) in [5.74, 6) is 6.33. The van der Waals surface area contributed by atoms with Crippen molar-refractivity contribution in [1.29, 1.82) is 0 Å². The molecule has 82 valence electrons. The summed E-state index contributed by atoms with van der Waals surface area (Å²) >= 11 is 0. The molecular formula is C14H26. The van der Waals surface area contributed by atoms with Crippen LogP contribution in [0.3, 0.4) is 0 Å². The Kier molecular flexibility index (Phi) is 2.91. The van der Waals surface area contributed by atoms with Crippen LogP contribution in [0, 0.1) is 35.5 Å². The predicted octanol–water partition coefficient (Wildman–Crippen LogP) is 4.35. The molecule has 2 aliphatic carbocycles. The molecule has 0 bridgehead atoms. The highest BCUT2D eigenvalue weighted by atomic mass is 14.5. The van der Waals surface area contributed by atoms with Gasteiger partial charge in [-0.15, -0.1) is 0 Å². The van der Waals surface area contributed by atoms with E-state index in [2.05, 4.69) is 27.7 Å².